The van der Waals surface area contributed by atoms with E-state index in [0.717, 1.165) is 28.4 Å². The lowest BCUT2D eigenvalue weighted by atomic mass is 10.2. The summed E-state index contributed by atoms with van der Waals surface area (Å²) in [6, 6.07) is 19.9. The molecule has 0 aliphatic carbocycles. The number of thioether (sulfide) groups is 1. The van der Waals surface area contributed by atoms with Crippen molar-refractivity contribution in [3.63, 3.8) is 0 Å². The molecule has 3 rings (SSSR count). The smallest absolute Gasteiger partial charge is 0.174 e. The van der Waals surface area contributed by atoms with E-state index >= 15 is 0 Å². The van der Waals surface area contributed by atoms with E-state index < -0.39 is 0 Å². The van der Waals surface area contributed by atoms with Crippen molar-refractivity contribution >= 4 is 29.1 Å². The van der Waals surface area contributed by atoms with Crippen molar-refractivity contribution in [3.8, 4) is 0 Å². The molecule has 1 aromatic heterocycles. The number of halogens is 1. The molecule has 0 saturated carbocycles. The van der Waals surface area contributed by atoms with Crippen LogP contribution in [0, 0.1) is 13.8 Å². The van der Waals surface area contributed by atoms with Crippen molar-refractivity contribution in [2.45, 2.75) is 25.3 Å². The van der Waals surface area contributed by atoms with Crippen molar-refractivity contribution in [1.29, 1.82) is 0 Å². The number of aryl methyl sites for hydroxylation is 1. The third-order valence-corrected chi connectivity index (χ3v) is 5.51. The van der Waals surface area contributed by atoms with Gasteiger partial charge in [-0.3, -0.25) is 4.79 Å². The highest BCUT2D eigenvalue weighted by Gasteiger charge is 2.16. The van der Waals surface area contributed by atoms with Crippen molar-refractivity contribution in [2.75, 3.05) is 5.75 Å². The lowest BCUT2D eigenvalue weighted by Crippen LogP contribution is -2.07. The number of ketones is 1. The van der Waals surface area contributed by atoms with Crippen molar-refractivity contribution < 1.29 is 4.79 Å². The summed E-state index contributed by atoms with van der Waals surface area (Å²) in [5.74, 6) is 0.587. The first kappa shape index (κ1) is 17.8. The van der Waals surface area contributed by atoms with Crippen LogP contribution in [0.2, 0.25) is 5.02 Å². The van der Waals surface area contributed by atoms with Gasteiger partial charge in [0.05, 0.1) is 5.75 Å². The van der Waals surface area contributed by atoms with Crippen LogP contribution in [0.3, 0.4) is 0 Å². The van der Waals surface area contributed by atoms with E-state index in [2.05, 4.69) is 23.6 Å². The van der Waals surface area contributed by atoms with Gasteiger partial charge in [-0.15, -0.1) is 11.8 Å². The zero-order valence-corrected chi connectivity index (χ0v) is 15.9. The summed E-state index contributed by atoms with van der Waals surface area (Å²) in [5.41, 5.74) is 4.19. The van der Waals surface area contributed by atoms with Crippen LogP contribution < -0.4 is 0 Å². The minimum absolute atomic E-state index is 0.160. The van der Waals surface area contributed by atoms with Crippen molar-refractivity contribution in [2.24, 2.45) is 0 Å². The fourth-order valence-corrected chi connectivity index (χ4v) is 3.76. The monoisotopic (exact) mass is 369 g/mol. The van der Waals surface area contributed by atoms with Gasteiger partial charge in [-0.1, -0.05) is 41.9 Å². The molecule has 2 nitrogen and oxygen atoms in total. The molecule has 0 aliphatic heterocycles. The van der Waals surface area contributed by atoms with Crippen molar-refractivity contribution in [1.82, 2.24) is 4.57 Å². The number of hydrogen-bond donors (Lipinski definition) is 0. The molecule has 3 aromatic rings. The third kappa shape index (κ3) is 4.36. The molecule has 0 aliphatic rings. The number of carbonyl (C=O) groups is 1. The predicted octanol–water partition coefficient (Wildman–Crippen LogP) is 5.78. The summed E-state index contributed by atoms with van der Waals surface area (Å²) in [6.45, 7) is 4.87. The number of aromatic nitrogens is 1. The SMILES string of the molecule is Cc1cc(C(=O)CSc2ccc(Cl)cc2)c(C)n1Cc1ccccc1. The van der Waals surface area contributed by atoms with Gasteiger partial charge in [0.15, 0.2) is 5.78 Å². The van der Waals surface area contributed by atoms with Gasteiger partial charge in [0.2, 0.25) is 0 Å². The normalized spacial score (nSPS) is 10.8. The highest BCUT2D eigenvalue weighted by Crippen LogP contribution is 2.24. The Hall–Kier alpha value is -1.97. The molecule has 128 valence electrons. The average molecular weight is 370 g/mol. The standard InChI is InChI=1S/C21H20ClNOS/c1-15-12-20(16(2)23(15)13-17-6-4-3-5-7-17)21(24)14-25-19-10-8-18(22)9-11-19/h3-12H,13-14H2,1-2H3. The molecule has 0 fully saturated rings. The molecule has 0 unspecified atom stereocenters. The van der Waals surface area contributed by atoms with Gasteiger partial charge in [0.25, 0.3) is 0 Å². The topological polar surface area (TPSA) is 22.0 Å². The number of Topliss-reactive ketones (excluding diaryl/α,β-unsaturated/α-hetero) is 1. The van der Waals surface area contributed by atoms with E-state index in [1.54, 1.807) is 11.8 Å². The van der Waals surface area contributed by atoms with Gasteiger partial charge in [-0.2, -0.15) is 0 Å². The molecule has 0 saturated heterocycles. The van der Waals surface area contributed by atoms with Crippen LogP contribution in [0.1, 0.15) is 27.3 Å². The second-order valence-corrected chi connectivity index (χ2v) is 7.51. The predicted molar refractivity (Wildman–Crippen MR) is 106 cm³/mol. The highest BCUT2D eigenvalue weighted by atomic mass is 35.5. The number of rotatable bonds is 6. The average Bonchev–Trinajstić information content (AvgIpc) is 2.90. The molecule has 25 heavy (non-hydrogen) atoms. The fraction of sp³-hybridized carbons (Fsp3) is 0.190. The maximum absolute atomic E-state index is 12.7. The first-order valence-corrected chi connectivity index (χ1v) is 9.53. The Morgan fingerprint density at radius 1 is 1.04 bits per heavy atom. The second-order valence-electron chi connectivity index (χ2n) is 6.02. The Kier molecular flexibility index (Phi) is 5.67. The maximum atomic E-state index is 12.7. The lowest BCUT2D eigenvalue weighted by Gasteiger charge is -2.10. The van der Waals surface area contributed by atoms with Crippen LogP contribution in [-0.2, 0) is 6.54 Å². The Morgan fingerprint density at radius 3 is 2.40 bits per heavy atom. The van der Waals surface area contributed by atoms with E-state index in [0.29, 0.717) is 10.8 Å². The summed E-state index contributed by atoms with van der Waals surface area (Å²) in [6.07, 6.45) is 0. The van der Waals surface area contributed by atoms with E-state index in [1.165, 1.54) is 5.56 Å². The minimum atomic E-state index is 0.160. The van der Waals surface area contributed by atoms with Crippen LogP contribution in [0.5, 0.6) is 0 Å². The molecule has 1 heterocycles. The van der Waals surface area contributed by atoms with Gasteiger partial charge >= 0.3 is 0 Å². The quantitative estimate of drug-likeness (QED) is 0.405. The van der Waals surface area contributed by atoms with Gasteiger partial charge in [-0.05, 0) is 49.7 Å². The molecule has 0 N–H and O–H groups in total. The summed E-state index contributed by atoms with van der Waals surface area (Å²) in [5, 5.41) is 0.708. The Balaban J connectivity index is 1.72. The van der Waals surface area contributed by atoms with Gasteiger partial charge in [-0.25, -0.2) is 0 Å². The first-order valence-electron chi connectivity index (χ1n) is 8.17. The number of hydrogen-bond acceptors (Lipinski definition) is 2. The summed E-state index contributed by atoms with van der Waals surface area (Å²) < 4.78 is 2.20. The number of carbonyl (C=O) groups excluding carboxylic acids is 1. The molecule has 0 bridgehead atoms. The summed E-state index contributed by atoms with van der Waals surface area (Å²) in [4.78, 5) is 13.7. The zero-order valence-electron chi connectivity index (χ0n) is 14.3. The highest BCUT2D eigenvalue weighted by molar-refractivity contribution is 8.00. The molecule has 0 spiro atoms. The molecular weight excluding hydrogens is 350 g/mol. The molecule has 2 aromatic carbocycles. The largest absolute Gasteiger partial charge is 0.344 e. The van der Waals surface area contributed by atoms with Crippen LogP contribution in [0.4, 0.5) is 0 Å². The summed E-state index contributed by atoms with van der Waals surface area (Å²) in [7, 11) is 0. The van der Waals surface area contributed by atoms with Crippen LogP contribution in [0.25, 0.3) is 0 Å². The maximum Gasteiger partial charge on any atom is 0.174 e. The van der Waals surface area contributed by atoms with Gasteiger partial charge in [0.1, 0.15) is 0 Å². The van der Waals surface area contributed by atoms with E-state index in [1.807, 2.05) is 55.5 Å². The van der Waals surface area contributed by atoms with Crippen LogP contribution in [-0.4, -0.2) is 16.1 Å². The van der Waals surface area contributed by atoms with E-state index in [-0.39, 0.29) is 5.78 Å². The number of benzene rings is 2. The van der Waals surface area contributed by atoms with E-state index in [9.17, 15) is 4.79 Å². The van der Waals surface area contributed by atoms with Crippen LogP contribution in [0.15, 0.2) is 65.6 Å². The first-order chi connectivity index (χ1) is 12.0. The molecule has 4 heteroatoms. The second kappa shape index (κ2) is 7.94. The molecule has 0 atom stereocenters. The Bertz CT molecular complexity index is 869. The fourth-order valence-electron chi connectivity index (χ4n) is 2.85. The van der Waals surface area contributed by atoms with Gasteiger partial charge < -0.3 is 4.57 Å². The third-order valence-electron chi connectivity index (χ3n) is 4.24. The number of nitrogens with zero attached hydrogens (tertiary/aromatic N) is 1. The zero-order chi connectivity index (χ0) is 17.8. The molecule has 0 amide bonds. The van der Waals surface area contributed by atoms with E-state index in [4.69, 9.17) is 11.6 Å². The minimum Gasteiger partial charge on any atom is -0.344 e. The van der Waals surface area contributed by atoms with Gasteiger partial charge in [0, 0.05) is 33.4 Å². The molecular formula is C21H20ClNOS. The molecule has 0 radical (unpaired) electrons. The Morgan fingerprint density at radius 2 is 1.72 bits per heavy atom. The summed E-state index contributed by atoms with van der Waals surface area (Å²) >= 11 is 7.44. The van der Waals surface area contributed by atoms with Crippen LogP contribution >= 0.6 is 23.4 Å². The van der Waals surface area contributed by atoms with Crippen molar-refractivity contribution in [3.05, 3.63) is 88.2 Å². The Labute approximate surface area is 157 Å². The lowest BCUT2D eigenvalue weighted by molar-refractivity contribution is 0.102.